The SMILES string of the molecule is Oc1ccc(/C=N/c2nnc(SCc3c[se]c(-c4ccccc4)n3)s2)c(O)c1. The fourth-order valence-electron chi connectivity index (χ4n) is 2.30. The van der Waals surface area contributed by atoms with Gasteiger partial charge in [0.2, 0.25) is 0 Å². The van der Waals surface area contributed by atoms with E-state index in [1.165, 1.54) is 35.2 Å². The van der Waals surface area contributed by atoms with Gasteiger partial charge in [-0.2, -0.15) is 0 Å². The first-order chi connectivity index (χ1) is 13.7. The number of hydrogen-bond acceptors (Lipinski definition) is 8. The molecule has 2 heterocycles. The Balaban J connectivity index is 1.37. The molecule has 0 fully saturated rings. The minimum absolute atomic E-state index is 0.00456. The number of aliphatic imine (C=N–C) groups is 1. The first kappa shape index (κ1) is 18.9. The van der Waals surface area contributed by atoms with Gasteiger partial charge in [-0.3, -0.25) is 0 Å². The molecule has 2 aromatic heterocycles. The van der Waals surface area contributed by atoms with Gasteiger partial charge in [-0.1, -0.05) is 0 Å². The summed E-state index contributed by atoms with van der Waals surface area (Å²) in [7, 11) is 0. The van der Waals surface area contributed by atoms with Crippen LogP contribution in [0.1, 0.15) is 11.3 Å². The summed E-state index contributed by atoms with van der Waals surface area (Å²) in [6.07, 6.45) is 1.50. The Hall–Kier alpha value is -2.45. The van der Waals surface area contributed by atoms with Gasteiger partial charge in [0, 0.05) is 0 Å². The number of benzene rings is 2. The summed E-state index contributed by atoms with van der Waals surface area (Å²) in [5.74, 6) is 0.713. The summed E-state index contributed by atoms with van der Waals surface area (Å²) >= 11 is 3.23. The summed E-state index contributed by atoms with van der Waals surface area (Å²) < 4.78 is 1.97. The first-order valence-corrected chi connectivity index (χ1v) is 11.8. The van der Waals surface area contributed by atoms with E-state index in [0.717, 1.165) is 20.4 Å². The number of phenolic OH excluding ortho intramolecular Hbond substituents is 2. The third-order valence-corrected chi connectivity index (χ3v) is 7.61. The van der Waals surface area contributed by atoms with Gasteiger partial charge in [0.05, 0.1) is 0 Å². The van der Waals surface area contributed by atoms with E-state index in [4.69, 9.17) is 4.98 Å². The van der Waals surface area contributed by atoms with E-state index in [9.17, 15) is 10.2 Å². The normalized spacial score (nSPS) is 11.3. The summed E-state index contributed by atoms with van der Waals surface area (Å²) in [6.45, 7) is 0. The zero-order valence-electron chi connectivity index (χ0n) is 14.4. The molecule has 0 bridgehead atoms. The Morgan fingerprint density at radius 3 is 2.79 bits per heavy atom. The summed E-state index contributed by atoms with van der Waals surface area (Å²) in [4.78, 5) is 11.2. The Labute approximate surface area is 175 Å². The van der Waals surface area contributed by atoms with Gasteiger partial charge in [-0.15, -0.1) is 0 Å². The number of phenols is 2. The van der Waals surface area contributed by atoms with Gasteiger partial charge in [-0.05, 0) is 0 Å². The standard InChI is InChI=1S/C19H14N4O2S2Se/c24-15-7-6-13(16(25)8-15)9-20-18-22-23-19(27-18)26-10-14-11-28-17(21-14)12-4-2-1-3-5-12/h1-9,11,24-25H,10H2/b20-9+. The summed E-state index contributed by atoms with van der Waals surface area (Å²) in [5.41, 5.74) is 2.75. The van der Waals surface area contributed by atoms with Gasteiger partial charge in [0.1, 0.15) is 5.75 Å². The molecule has 9 heteroatoms. The van der Waals surface area contributed by atoms with E-state index in [1.54, 1.807) is 17.8 Å². The molecule has 4 rings (SSSR count). The van der Waals surface area contributed by atoms with Crippen LogP contribution in [0.3, 0.4) is 0 Å². The van der Waals surface area contributed by atoms with Crippen molar-refractivity contribution < 1.29 is 10.2 Å². The van der Waals surface area contributed by atoms with Crippen molar-refractivity contribution in [1.82, 2.24) is 15.2 Å². The van der Waals surface area contributed by atoms with Gasteiger partial charge in [0.15, 0.2) is 0 Å². The fraction of sp³-hybridized carbons (Fsp3) is 0.0526. The maximum absolute atomic E-state index is 9.78. The molecule has 0 aliphatic heterocycles. The number of aromatic hydroxyl groups is 2. The van der Waals surface area contributed by atoms with Crippen LogP contribution in [-0.4, -0.2) is 46.1 Å². The zero-order chi connectivity index (χ0) is 19.3. The number of aromatic nitrogens is 3. The molecule has 0 unspecified atom stereocenters. The number of hydrogen-bond donors (Lipinski definition) is 2. The maximum atomic E-state index is 9.78. The molecule has 0 atom stereocenters. The average Bonchev–Trinajstić information content (AvgIpc) is 3.36. The van der Waals surface area contributed by atoms with Crippen LogP contribution in [0.2, 0.25) is 0 Å². The Morgan fingerprint density at radius 2 is 1.96 bits per heavy atom. The quantitative estimate of drug-likeness (QED) is 0.249. The molecule has 28 heavy (non-hydrogen) atoms. The van der Waals surface area contributed by atoms with E-state index in [1.807, 2.05) is 18.2 Å². The number of rotatable bonds is 6. The van der Waals surface area contributed by atoms with E-state index < -0.39 is 0 Å². The molecule has 4 aromatic rings. The molecule has 0 aliphatic rings. The summed E-state index contributed by atoms with van der Waals surface area (Å²) in [6, 6.07) is 14.6. The van der Waals surface area contributed by atoms with Crippen LogP contribution in [0.25, 0.3) is 10.1 Å². The van der Waals surface area contributed by atoms with Crippen molar-refractivity contribution in [2.75, 3.05) is 0 Å². The average molecular weight is 473 g/mol. The van der Waals surface area contributed by atoms with Crippen molar-refractivity contribution in [2.24, 2.45) is 4.99 Å². The molecule has 0 saturated heterocycles. The summed E-state index contributed by atoms with van der Waals surface area (Å²) in [5, 5.41) is 27.8. The van der Waals surface area contributed by atoms with Crippen molar-refractivity contribution in [3.63, 3.8) is 0 Å². The van der Waals surface area contributed by atoms with Crippen molar-refractivity contribution in [3.8, 4) is 21.6 Å². The van der Waals surface area contributed by atoms with Gasteiger partial charge < -0.3 is 5.11 Å². The predicted octanol–water partition coefficient (Wildman–Crippen LogP) is 4.11. The van der Waals surface area contributed by atoms with Gasteiger partial charge in [-0.25, -0.2) is 0 Å². The topological polar surface area (TPSA) is 91.5 Å². The second-order valence-corrected chi connectivity index (χ2v) is 9.63. The van der Waals surface area contributed by atoms with Crippen LogP contribution in [0, 0.1) is 0 Å². The molecule has 2 aromatic carbocycles. The van der Waals surface area contributed by atoms with E-state index in [2.05, 4.69) is 32.3 Å². The second-order valence-electron chi connectivity index (χ2n) is 5.65. The molecule has 0 saturated carbocycles. The van der Waals surface area contributed by atoms with Crippen molar-refractivity contribution >= 4 is 48.9 Å². The third-order valence-electron chi connectivity index (χ3n) is 3.64. The van der Waals surface area contributed by atoms with Crippen LogP contribution >= 0.6 is 23.1 Å². The zero-order valence-corrected chi connectivity index (χ0v) is 17.7. The van der Waals surface area contributed by atoms with Crippen molar-refractivity contribution in [3.05, 3.63) is 64.7 Å². The van der Waals surface area contributed by atoms with Crippen LogP contribution < -0.4 is 0 Å². The fourth-order valence-corrected chi connectivity index (χ4v) is 5.85. The predicted molar refractivity (Wildman–Crippen MR) is 113 cm³/mol. The van der Waals surface area contributed by atoms with E-state index in [-0.39, 0.29) is 26.0 Å². The van der Waals surface area contributed by atoms with Gasteiger partial charge >= 0.3 is 165 Å². The van der Waals surface area contributed by atoms with Gasteiger partial charge in [0.25, 0.3) is 0 Å². The van der Waals surface area contributed by atoms with Crippen molar-refractivity contribution in [1.29, 1.82) is 0 Å². The molecule has 0 amide bonds. The molecule has 0 aliphatic carbocycles. The van der Waals surface area contributed by atoms with Crippen LogP contribution in [0.5, 0.6) is 11.5 Å². The van der Waals surface area contributed by atoms with Crippen molar-refractivity contribution in [2.45, 2.75) is 10.1 Å². The van der Waals surface area contributed by atoms with Crippen LogP contribution in [0.15, 0.2) is 62.8 Å². The molecular formula is C19H14N4O2S2Se. The molecule has 6 nitrogen and oxygen atoms in total. The Kier molecular flexibility index (Phi) is 5.87. The number of nitrogens with zero attached hydrogens (tertiary/aromatic N) is 4. The Morgan fingerprint density at radius 1 is 1.11 bits per heavy atom. The molecule has 140 valence electrons. The third kappa shape index (κ3) is 4.69. The molecule has 2 N–H and O–H groups in total. The molecule has 0 spiro atoms. The van der Waals surface area contributed by atoms with E-state index >= 15 is 0 Å². The monoisotopic (exact) mass is 474 g/mol. The second kappa shape index (κ2) is 8.70. The van der Waals surface area contributed by atoms with Crippen LogP contribution in [0.4, 0.5) is 5.13 Å². The molecule has 0 radical (unpaired) electrons. The van der Waals surface area contributed by atoms with Crippen LogP contribution in [-0.2, 0) is 5.75 Å². The minimum atomic E-state index is -0.0370. The van der Waals surface area contributed by atoms with E-state index in [0.29, 0.717) is 10.7 Å². The number of thioether (sulfide) groups is 1. The first-order valence-electron chi connectivity index (χ1n) is 8.19. The Bertz CT molecular complexity index is 1110. The molecular weight excluding hydrogens is 459 g/mol.